The molecular weight excluding hydrogens is 510 g/mol. The minimum Gasteiger partial charge on any atom is -0.496 e. The number of alkyl carbamates (subject to hydrolysis) is 1. The second-order valence-electron chi connectivity index (χ2n) is 9.73. The number of alkyl halides is 2. The average molecular weight is 545 g/mol. The predicted molar refractivity (Wildman–Crippen MR) is 142 cm³/mol. The summed E-state index contributed by atoms with van der Waals surface area (Å²) in [5.74, 6) is -0.147. The lowest BCUT2D eigenvalue weighted by Crippen LogP contribution is -2.33. The first kappa shape index (κ1) is 29.4. The van der Waals surface area contributed by atoms with Crippen molar-refractivity contribution in [3.63, 3.8) is 0 Å². The number of aromatic amines is 1. The van der Waals surface area contributed by atoms with Gasteiger partial charge in [0, 0.05) is 12.1 Å². The minimum atomic E-state index is -3.07. The van der Waals surface area contributed by atoms with E-state index in [0.717, 1.165) is 5.56 Å². The van der Waals surface area contributed by atoms with Crippen molar-refractivity contribution < 1.29 is 32.6 Å². The van der Waals surface area contributed by atoms with Crippen LogP contribution in [0.4, 0.5) is 13.6 Å². The highest BCUT2D eigenvalue weighted by Gasteiger charge is 2.23. The van der Waals surface area contributed by atoms with Crippen LogP contribution < -0.4 is 20.1 Å². The number of carbonyl (C=O) groups is 2. The molecule has 9 nitrogen and oxygen atoms in total. The van der Waals surface area contributed by atoms with E-state index >= 15 is 0 Å². The first-order valence-corrected chi connectivity index (χ1v) is 12.6. The highest BCUT2D eigenvalue weighted by Crippen LogP contribution is 2.31. The van der Waals surface area contributed by atoms with Gasteiger partial charge in [-0.25, -0.2) is 4.79 Å². The molecule has 0 fully saturated rings. The second-order valence-corrected chi connectivity index (χ2v) is 9.73. The van der Waals surface area contributed by atoms with Crippen molar-refractivity contribution in [1.29, 1.82) is 0 Å². The number of benzene rings is 2. The molecule has 3 N–H and O–H groups in total. The van der Waals surface area contributed by atoms with Crippen LogP contribution in [0.2, 0.25) is 0 Å². The molecule has 0 saturated heterocycles. The van der Waals surface area contributed by atoms with Crippen molar-refractivity contribution in [2.24, 2.45) is 0 Å². The van der Waals surface area contributed by atoms with Crippen LogP contribution in [-0.2, 0) is 4.74 Å². The summed E-state index contributed by atoms with van der Waals surface area (Å²) in [6.45, 7) is 2.67. The summed E-state index contributed by atoms with van der Waals surface area (Å²) in [6.07, 6.45) is 1.19. The third kappa shape index (κ3) is 8.98. The smallest absolute Gasteiger partial charge is 0.407 e. The predicted octanol–water partition coefficient (Wildman–Crippen LogP) is 5.85. The first-order valence-electron chi connectivity index (χ1n) is 12.6. The van der Waals surface area contributed by atoms with Crippen LogP contribution in [0.3, 0.4) is 0 Å². The summed E-state index contributed by atoms with van der Waals surface area (Å²) in [5.41, 5.74) is 1.42. The number of nitrogens with zero attached hydrogens (tertiary/aromatic N) is 1. The molecule has 210 valence electrons. The molecule has 0 aliphatic rings. The molecule has 3 rings (SSSR count). The second kappa shape index (κ2) is 13.6. The number of ether oxygens (including phenoxy) is 3. The van der Waals surface area contributed by atoms with Gasteiger partial charge in [-0.05, 0) is 70.4 Å². The molecule has 2 aromatic carbocycles. The highest BCUT2D eigenvalue weighted by atomic mass is 19.3. The van der Waals surface area contributed by atoms with E-state index in [1.807, 2.05) is 30.3 Å². The molecule has 0 unspecified atom stereocenters. The maximum absolute atomic E-state index is 13.2. The summed E-state index contributed by atoms with van der Waals surface area (Å²) >= 11 is 0. The third-order valence-electron chi connectivity index (χ3n) is 5.59. The van der Waals surface area contributed by atoms with Gasteiger partial charge < -0.3 is 24.8 Å². The molecule has 1 aromatic heterocycles. The van der Waals surface area contributed by atoms with Gasteiger partial charge >= 0.3 is 12.7 Å². The van der Waals surface area contributed by atoms with Gasteiger partial charge in [0.1, 0.15) is 17.1 Å². The van der Waals surface area contributed by atoms with Crippen LogP contribution in [0.5, 0.6) is 11.5 Å². The number of para-hydroxylation sites is 2. The molecule has 11 heteroatoms. The molecule has 3 aromatic rings. The van der Waals surface area contributed by atoms with E-state index in [0.29, 0.717) is 42.9 Å². The van der Waals surface area contributed by atoms with Gasteiger partial charge in [-0.3, -0.25) is 9.89 Å². The van der Waals surface area contributed by atoms with E-state index < -0.39 is 30.3 Å². The molecule has 2 amide bonds. The fourth-order valence-corrected chi connectivity index (χ4v) is 3.88. The quantitative estimate of drug-likeness (QED) is 0.246. The summed E-state index contributed by atoms with van der Waals surface area (Å²) in [6, 6.07) is 14.5. The number of amides is 2. The van der Waals surface area contributed by atoms with Crippen molar-refractivity contribution >= 4 is 12.0 Å². The van der Waals surface area contributed by atoms with Gasteiger partial charge in [0.15, 0.2) is 0 Å². The molecule has 1 heterocycles. The Balaban J connectivity index is 1.75. The Morgan fingerprint density at radius 1 is 1.03 bits per heavy atom. The molecule has 39 heavy (non-hydrogen) atoms. The molecule has 1 atom stereocenters. The third-order valence-corrected chi connectivity index (χ3v) is 5.59. The Hall–Kier alpha value is -4.15. The van der Waals surface area contributed by atoms with Gasteiger partial charge in [-0.1, -0.05) is 24.3 Å². The van der Waals surface area contributed by atoms with Gasteiger partial charge in [-0.2, -0.15) is 13.9 Å². The first-order chi connectivity index (χ1) is 18.6. The maximum Gasteiger partial charge on any atom is 0.407 e. The van der Waals surface area contributed by atoms with E-state index in [2.05, 4.69) is 25.6 Å². The topological polar surface area (TPSA) is 115 Å². The highest BCUT2D eigenvalue weighted by molar-refractivity contribution is 5.97. The molecular formula is C28H34F2N4O5. The minimum absolute atomic E-state index is 0.0186. The Labute approximate surface area is 226 Å². The van der Waals surface area contributed by atoms with Crippen molar-refractivity contribution in [2.45, 2.75) is 58.3 Å². The number of unbranched alkanes of at least 4 members (excludes halogenated alkanes) is 1. The van der Waals surface area contributed by atoms with E-state index in [-0.39, 0.29) is 11.3 Å². The van der Waals surface area contributed by atoms with Crippen LogP contribution in [-0.4, -0.2) is 48.1 Å². The molecule has 0 spiro atoms. The van der Waals surface area contributed by atoms with Gasteiger partial charge in [0.05, 0.1) is 30.1 Å². The zero-order valence-corrected chi connectivity index (χ0v) is 22.4. The standard InChI is InChI=1S/C28H34F2N4O5/c1-28(2,3)39-27(36)31-16-10-9-13-20(32-25(35)19-12-6-8-15-24(19)38-26(29)30)22-17-21(33-34-22)18-11-5-7-14-23(18)37-4/h5-8,11-12,14-15,17,20,26H,9-10,13,16H2,1-4H3,(H,31,36)(H,32,35)(H,33,34)/t20-/m1/s1. The van der Waals surface area contributed by atoms with Crippen LogP contribution in [0.15, 0.2) is 54.6 Å². The lowest BCUT2D eigenvalue weighted by molar-refractivity contribution is -0.0501. The van der Waals surface area contributed by atoms with Crippen molar-refractivity contribution in [3.8, 4) is 22.8 Å². The number of hydrogen-bond donors (Lipinski definition) is 3. The lowest BCUT2D eigenvalue weighted by Gasteiger charge is -2.20. The van der Waals surface area contributed by atoms with Crippen molar-refractivity contribution in [1.82, 2.24) is 20.8 Å². The SMILES string of the molecule is COc1ccccc1-c1cc([C@@H](CCCCNC(=O)OC(C)(C)C)NC(=O)c2ccccc2OC(F)F)n[nH]1. The van der Waals surface area contributed by atoms with E-state index in [1.54, 1.807) is 33.9 Å². The summed E-state index contributed by atoms with van der Waals surface area (Å²) < 4.78 is 41.0. The Morgan fingerprint density at radius 3 is 2.41 bits per heavy atom. The molecule has 0 aliphatic heterocycles. The summed E-state index contributed by atoms with van der Waals surface area (Å²) in [5, 5.41) is 13.0. The van der Waals surface area contributed by atoms with Crippen LogP contribution in [0, 0.1) is 0 Å². The van der Waals surface area contributed by atoms with Crippen LogP contribution in [0.1, 0.15) is 62.1 Å². The normalized spacial score (nSPS) is 12.1. The molecule has 0 bridgehead atoms. The van der Waals surface area contributed by atoms with E-state index in [4.69, 9.17) is 9.47 Å². The van der Waals surface area contributed by atoms with Gasteiger partial charge in [0.2, 0.25) is 0 Å². The zero-order valence-electron chi connectivity index (χ0n) is 22.4. The Morgan fingerprint density at radius 2 is 1.72 bits per heavy atom. The zero-order chi connectivity index (χ0) is 28.4. The number of nitrogens with one attached hydrogen (secondary N) is 3. The fraction of sp³-hybridized carbons (Fsp3) is 0.393. The molecule has 0 aliphatic carbocycles. The fourth-order valence-electron chi connectivity index (χ4n) is 3.88. The number of halogens is 2. The number of H-pyrrole nitrogens is 1. The summed E-state index contributed by atoms with van der Waals surface area (Å²) in [4.78, 5) is 25.0. The van der Waals surface area contributed by atoms with Crippen molar-refractivity contribution in [2.75, 3.05) is 13.7 Å². The molecule has 0 saturated carbocycles. The Kier molecular flexibility index (Phi) is 10.2. The van der Waals surface area contributed by atoms with E-state index in [1.165, 1.54) is 18.2 Å². The van der Waals surface area contributed by atoms with Gasteiger partial charge in [-0.15, -0.1) is 0 Å². The number of hydrogen-bond acceptors (Lipinski definition) is 6. The lowest BCUT2D eigenvalue weighted by atomic mass is 10.0. The van der Waals surface area contributed by atoms with Crippen LogP contribution in [0.25, 0.3) is 11.3 Å². The van der Waals surface area contributed by atoms with Crippen molar-refractivity contribution in [3.05, 3.63) is 65.9 Å². The maximum atomic E-state index is 13.2. The molecule has 0 radical (unpaired) electrons. The number of rotatable bonds is 12. The largest absolute Gasteiger partial charge is 0.496 e. The number of methoxy groups -OCH3 is 1. The average Bonchev–Trinajstić information content (AvgIpc) is 3.36. The summed E-state index contributed by atoms with van der Waals surface area (Å²) in [7, 11) is 1.57. The van der Waals surface area contributed by atoms with E-state index in [9.17, 15) is 18.4 Å². The van der Waals surface area contributed by atoms with Gasteiger partial charge in [0.25, 0.3) is 5.91 Å². The number of carbonyl (C=O) groups excluding carboxylic acids is 2. The number of aromatic nitrogens is 2. The van der Waals surface area contributed by atoms with Crippen LogP contribution >= 0.6 is 0 Å². The monoisotopic (exact) mass is 544 g/mol. The Bertz CT molecular complexity index is 1240.